The number of aromatic amines is 1. The fourth-order valence-electron chi connectivity index (χ4n) is 4.68. The van der Waals surface area contributed by atoms with E-state index >= 15 is 0 Å². The molecule has 0 radical (unpaired) electrons. The van der Waals surface area contributed by atoms with Crippen LogP contribution in [0.2, 0.25) is 0 Å². The number of urea groups is 1. The van der Waals surface area contributed by atoms with E-state index in [0.29, 0.717) is 0 Å². The van der Waals surface area contributed by atoms with Crippen molar-refractivity contribution in [1.29, 1.82) is 0 Å². The minimum atomic E-state index is -5.25. The summed E-state index contributed by atoms with van der Waals surface area (Å²) in [5.74, 6) is -0.453. The predicted molar refractivity (Wildman–Crippen MR) is 141 cm³/mol. The standard InChI is InChI=1S/C19H25N9O14P2/c1-6-21-4-22-19(34)27(6)28-10(16(28)33)12(41-43(35)36)7(30)3-39-44(37,38)42-13-11(31)8(2-29)40-17(13)26-5-23-9-14(26)24-18(20)25-15(9)32/h4-5,7-8,10-13,16-17,29-31,33H,1-3H2,(H5-,20,21,22,24,25,32,34,35,36,37,38)/p+1. The van der Waals surface area contributed by atoms with Crippen molar-refractivity contribution in [2.24, 2.45) is 4.99 Å². The Balaban J connectivity index is 1.31. The number of nitrogen functional groups attached to an aromatic ring is 1. The van der Waals surface area contributed by atoms with E-state index in [0.717, 1.165) is 27.3 Å². The van der Waals surface area contributed by atoms with Crippen molar-refractivity contribution in [1.82, 2.24) is 34.9 Å². The summed E-state index contributed by atoms with van der Waals surface area (Å²) in [5.41, 5.74) is 4.53. The molecular formula is C19H26N9O14P2+. The number of phosphoric ester groups is 1. The van der Waals surface area contributed by atoms with Gasteiger partial charge in [-0.15, -0.1) is 9.42 Å². The number of carbonyl (C=O) groups excluding carboxylic acids is 1. The van der Waals surface area contributed by atoms with Crippen LogP contribution in [0, 0.1) is 0 Å². The first-order valence-electron chi connectivity index (χ1n) is 12.4. The summed E-state index contributed by atoms with van der Waals surface area (Å²) in [7, 11) is -8.66. The van der Waals surface area contributed by atoms with E-state index in [-0.39, 0.29) is 22.9 Å². The zero-order valence-corrected chi connectivity index (χ0v) is 23.8. The molecule has 0 spiro atoms. The lowest BCUT2D eigenvalue weighted by Gasteiger charge is -2.27. The number of hydrazine groups is 1. The molecule has 23 nitrogen and oxygen atoms in total. The number of fused-ring (bicyclic) bond motifs is 1. The van der Waals surface area contributed by atoms with Crippen molar-refractivity contribution in [3.8, 4) is 0 Å². The molecule has 2 amide bonds. The van der Waals surface area contributed by atoms with Gasteiger partial charge in [-0.05, 0) is 0 Å². The smallest absolute Gasteiger partial charge is 0.394 e. The lowest BCUT2D eigenvalue weighted by Crippen LogP contribution is -2.47. The van der Waals surface area contributed by atoms with Gasteiger partial charge in [-0.3, -0.25) is 28.7 Å². The van der Waals surface area contributed by atoms with Gasteiger partial charge in [-0.25, -0.2) is 24.3 Å². The number of amides is 2. The van der Waals surface area contributed by atoms with Crippen LogP contribution in [0.5, 0.6) is 0 Å². The van der Waals surface area contributed by atoms with Crippen molar-refractivity contribution in [3.05, 3.63) is 29.1 Å². The molecule has 0 aliphatic carbocycles. The molecular weight excluding hydrogens is 640 g/mol. The number of carbonyl (C=O) groups is 1. The van der Waals surface area contributed by atoms with Gasteiger partial charge in [0.1, 0.15) is 42.5 Å². The molecule has 44 heavy (non-hydrogen) atoms. The first-order chi connectivity index (χ1) is 20.7. The molecule has 2 saturated heterocycles. The molecule has 5 rings (SSSR count). The van der Waals surface area contributed by atoms with Crippen LogP contribution in [0.1, 0.15) is 6.23 Å². The molecule has 11 unspecified atom stereocenters. The molecule has 0 aromatic carbocycles. The van der Waals surface area contributed by atoms with E-state index in [1.54, 1.807) is 0 Å². The minimum Gasteiger partial charge on any atom is -0.394 e. The number of rotatable bonds is 12. The van der Waals surface area contributed by atoms with Gasteiger partial charge >= 0.3 is 22.1 Å². The molecule has 11 atom stereocenters. The van der Waals surface area contributed by atoms with Crippen molar-refractivity contribution >= 4 is 45.6 Å². The number of hydrogen-bond acceptors (Lipinski definition) is 17. The number of aliphatic hydroxyl groups excluding tert-OH is 4. The highest BCUT2D eigenvalue weighted by Crippen LogP contribution is 2.50. The molecule has 10 N–H and O–H groups in total. The van der Waals surface area contributed by atoms with Crippen LogP contribution in [-0.2, 0) is 27.4 Å². The molecule has 2 aromatic rings. The topological polar surface area (TPSA) is 330 Å². The van der Waals surface area contributed by atoms with Crippen LogP contribution in [0.4, 0.5) is 10.7 Å². The number of phosphoric acid groups is 1. The number of anilines is 1. The van der Waals surface area contributed by atoms with E-state index in [1.807, 2.05) is 0 Å². The quantitative estimate of drug-likeness (QED) is 0.0777. The Bertz CT molecular complexity index is 1600. The van der Waals surface area contributed by atoms with Gasteiger partial charge in [0.25, 0.3) is 5.56 Å². The van der Waals surface area contributed by atoms with Gasteiger partial charge in [-0.1, -0.05) is 6.58 Å². The number of aliphatic hydroxyl groups is 4. The summed E-state index contributed by atoms with van der Waals surface area (Å²) in [5, 5.41) is 45.3. The second kappa shape index (κ2) is 12.3. The summed E-state index contributed by atoms with van der Waals surface area (Å²) in [6, 6.07) is -2.16. The average molecular weight is 666 g/mol. The van der Waals surface area contributed by atoms with Crippen LogP contribution in [-0.4, -0.2) is 128 Å². The van der Waals surface area contributed by atoms with Gasteiger partial charge in [0.05, 0.1) is 25.9 Å². The van der Waals surface area contributed by atoms with Gasteiger partial charge < -0.3 is 35.8 Å². The molecule has 3 aliphatic heterocycles. The van der Waals surface area contributed by atoms with Crippen LogP contribution in [0.25, 0.3) is 11.2 Å². The third-order valence-electron chi connectivity index (χ3n) is 6.67. The van der Waals surface area contributed by atoms with Crippen molar-refractivity contribution < 1.29 is 62.4 Å². The lowest BCUT2D eigenvalue weighted by molar-refractivity contribution is -0.0541. The number of nitrogens with zero attached hydrogens (tertiary/aromatic N) is 6. The summed E-state index contributed by atoms with van der Waals surface area (Å²) in [6.45, 7) is 1.67. The largest absolute Gasteiger partial charge is 0.695 e. The Hall–Kier alpha value is -3.28. The average Bonchev–Trinajstić information content (AvgIpc) is 3.24. The van der Waals surface area contributed by atoms with Gasteiger partial charge in [0.2, 0.25) is 5.95 Å². The van der Waals surface area contributed by atoms with E-state index in [9.17, 15) is 48.9 Å². The Morgan fingerprint density at radius 2 is 2.05 bits per heavy atom. The molecule has 2 aromatic heterocycles. The van der Waals surface area contributed by atoms with Gasteiger partial charge in [0, 0.05) is 4.57 Å². The Morgan fingerprint density at radius 1 is 1.32 bits per heavy atom. The van der Waals surface area contributed by atoms with Crippen LogP contribution in [0.15, 0.2) is 28.5 Å². The Morgan fingerprint density at radius 3 is 2.70 bits per heavy atom. The highest BCUT2D eigenvalue weighted by Gasteiger charge is 2.62. The molecule has 0 bridgehead atoms. The van der Waals surface area contributed by atoms with E-state index in [1.165, 1.54) is 0 Å². The minimum absolute atomic E-state index is 0.150. The molecule has 0 saturated carbocycles. The van der Waals surface area contributed by atoms with Gasteiger partial charge in [-0.2, -0.15) is 9.99 Å². The van der Waals surface area contributed by atoms with Crippen LogP contribution < -0.4 is 16.6 Å². The van der Waals surface area contributed by atoms with E-state index in [2.05, 4.69) is 31.8 Å². The first-order valence-corrected chi connectivity index (χ1v) is 15.0. The number of H-pyrrole nitrogens is 1. The lowest BCUT2D eigenvalue weighted by atomic mass is 10.1. The number of nitrogens with one attached hydrogen (secondary N) is 2. The summed E-state index contributed by atoms with van der Waals surface area (Å²) in [4.78, 5) is 58.0. The maximum absolute atomic E-state index is 13.0. The zero-order chi connectivity index (χ0) is 32.1. The van der Waals surface area contributed by atoms with Crippen molar-refractivity contribution in [2.75, 3.05) is 18.9 Å². The summed E-state index contributed by atoms with van der Waals surface area (Å²) < 4.78 is 45.9. The maximum Gasteiger partial charge on any atom is 0.695 e. The number of nitrogens with two attached hydrogens (primary N) is 1. The second-order valence-corrected chi connectivity index (χ2v) is 11.5. The molecule has 2 fully saturated rings. The number of aromatic nitrogens is 4. The fourth-order valence-corrected chi connectivity index (χ4v) is 6.09. The number of ether oxygens (including phenoxy) is 1. The molecule has 3 aliphatic rings. The summed E-state index contributed by atoms with van der Waals surface area (Å²) >= 11 is 0. The van der Waals surface area contributed by atoms with Crippen LogP contribution >= 0.6 is 16.1 Å². The first kappa shape index (κ1) is 32.1. The SMILES string of the molecule is C=C1N=CNC(=O)N1N1C(O)C1C(O[P+](=O)O)C(O)COP(=O)(O)OC1C(O)C(CO)OC1n1cnc2c(=O)[nH]c(N)nc21. The molecule has 25 heteroatoms. The molecule has 5 heterocycles. The number of aliphatic imine (C=N–C) groups is 1. The summed E-state index contributed by atoms with van der Waals surface area (Å²) in [6.07, 6.45) is -9.61. The van der Waals surface area contributed by atoms with Crippen LogP contribution in [0.3, 0.4) is 0 Å². The van der Waals surface area contributed by atoms with Crippen molar-refractivity contribution in [3.63, 3.8) is 0 Å². The Labute approximate surface area is 245 Å². The van der Waals surface area contributed by atoms with Crippen molar-refractivity contribution in [2.45, 2.75) is 49.0 Å². The monoisotopic (exact) mass is 666 g/mol. The van der Waals surface area contributed by atoms with E-state index in [4.69, 9.17) is 24.0 Å². The maximum atomic E-state index is 13.0. The zero-order valence-electron chi connectivity index (χ0n) is 22.0. The predicted octanol–water partition coefficient (Wildman–Crippen LogP) is -3.71. The number of imidazole rings is 1. The third-order valence-corrected chi connectivity index (χ3v) is 8.08. The highest BCUT2D eigenvalue weighted by atomic mass is 31.2. The highest BCUT2D eigenvalue weighted by molar-refractivity contribution is 7.47. The van der Waals surface area contributed by atoms with E-state index < -0.39 is 89.9 Å². The third kappa shape index (κ3) is 6.14. The van der Waals surface area contributed by atoms with Gasteiger partial charge in [0.15, 0.2) is 23.5 Å². The fraction of sp³-hybridized carbons (Fsp3) is 0.526. The number of hydrogen-bond donors (Lipinski definition) is 9. The normalized spacial score (nSPS) is 31.5. The molecule has 240 valence electrons. The second-order valence-electron chi connectivity index (χ2n) is 9.44. The Kier molecular flexibility index (Phi) is 8.94.